The maximum Gasteiger partial charge on any atom is 0.260 e. The van der Waals surface area contributed by atoms with E-state index in [2.05, 4.69) is 9.97 Å². The minimum atomic E-state index is -0.457. The topological polar surface area (TPSA) is 77.0 Å². The summed E-state index contributed by atoms with van der Waals surface area (Å²) in [5.74, 6) is 0.190. The van der Waals surface area contributed by atoms with Gasteiger partial charge in [-0.1, -0.05) is 54.1 Å². The number of halogens is 1. The summed E-state index contributed by atoms with van der Waals surface area (Å²) in [4.78, 5) is 34.1. The molecular weight excluding hydrogens is 462 g/mol. The average molecular weight is 484 g/mol. The highest BCUT2D eigenvalue weighted by atomic mass is 35.5. The van der Waals surface area contributed by atoms with Gasteiger partial charge in [0.15, 0.2) is 5.78 Å². The normalized spacial score (nSPS) is 11.6. The molecule has 2 aromatic heterocycles. The molecule has 7 heteroatoms. The molecule has 5 aromatic rings. The van der Waals surface area contributed by atoms with Crippen LogP contribution in [0.4, 0.5) is 0 Å². The van der Waals surface area contributed by atoms with E-state index in [1.807, 2.05) is 59.2 Å². The maximum absolute atomic E-state index is 13.5. The first-order chi connectivity index (χ1) is 17.1. The quantitative estimate of drug-likeness (QED) is 0.236. The number of ether oxygens (including phenoxy) is 1. The Morgan fingerprint density at radius 3 is 2.66 bits per heavy atom. The second-order valence-electron chi connectivity index (χ2n) is 8.06. The molecule has 0 atom stereocenters. The molecule has 3 aromatic carbocycles. The molecule has 0 fully saturated rings. The van der Waals surface area contributed by atoms with Crippen LogP contribution in [0.15, 0.2) is 83.7 Å². The fourth-order valence-electron chi connectivity index (χ4n) is 4.28. The van der Waals surface area contributed by atoms with Crippen molar-refractivity contribution in [2.45, 2.75) is 6.54 Å². The number of H-pyrrole nitrogens is 1. The van der Waals surface area contributed by atoms with Crippen LogP contribution in [0.1, 0.15) is 16.2 Å². The van der Waals surface area contributed by atoms with Gasteiger partial charge in [-0.05, 0) is 48.0 Å². The van der Waals surface area contributed by atoms with Crippen LogP contribution in [0.25, 0.3) is 39.1 Å². The number of aromatic amines is 1. The van der Waals surface area contributed by atoms with Crippen molar-refractivity contribution in [3.8, 4) is 11.1 Å². The van der Waals surface area contributed by atoms with Crippen LogP contribution in [-0.2, 0) is 11.3 Å². The van der Waals surface area contributed by atoms with Gasteiger partial charge < -0.3 is 14.3 Å². The van der Waals surface area contributed by atoms with Crippen LogP contribution in [-0.4, -0.2) is 34.0 Å². The zero-order chi connectivity index (χ0) is 24.4. The number of ketones is 1. The highest BCUT2D eigenvalue weighted by Crippen LogP contribution is 2.31. The number of carbonyl (C=O) groups is 1. The number of pyridine rings is 1. The molecule has 0 unspecified atom stereocenters. The second-order valence-corrected chi connectivity index (χ2v) is 8.50. The SMILES string of the molecule is COCCn1c(/C=C/C(=O)c2c(-c3ccccc3)c3cc(Cl)ccc3[nH]c2=O)nc2ccccc21. The Morgan fingerprint density at radius 2 is 1.86 bits per heavy atom. The molecule has 0 saturated carbocycles. The molecule has 0 aliphatic carbocycles. The lowest BCUT2D eigenvalue weighted by Crippen LogP contribution is -2.18. The third kappa shape index (κ3) is 4.41. The fraction of sp³-hybridized carbons (Fsp3) is 0.107. The number of methoxy groups -OCH3 is 1. The lowest BCUT2D eigenvalue weighted by Gasteiger charge is -2.12. The van der Waals surface area contributed by atoms with E-state index in [-0.39, 0.29) is 5.56 Å². The summed E-state index contributed by atoms with van der Waals surface area (Å²) in [7, 11) is 1.64. The van der Waals surface area contributed by atoms with E-state index in [0.717, 1.165) is 16.6 Å². The molecule has 0 amide bonds. The summed E-state index contributed by atoms with van der Waals surface area (Å²) in [5.41, 5.74) is 3.28. The Labute approximate surface area is 206 Å². The molecule has 2 heterocycles. The number of nitrogens with zero attached hydrogens (tertiary/aromatic N) is 2. The van der Waals surface area contributed by atoms with Crippen LogP contribution in [0.2, 0.25) is 5.02 Å². The number of nitrogens with one attached hydrogen (secondary N) is 1. The first-order valence-electron chi connectivity index (χ1n) is 11.1. The molecule has 0 saturated heterocycles. The van der Waals surface area contributed by atoms with Crippen LogP contribution in [0.3, 0.4) is 0 Å². The first-order valence-corrected chi connectivity index (χ1v) is 11.5. The van der Waals surface area contributed by atoms with Gasteiger partial charge in [-0.25, -0.2) is 4.98 Å². The molecule has 0 aliphatic rings. The molecule has 0 spiro atoms. The Balaban J connectivity index is 1.65. The van der Waals surface area contributed by atoms with Crippen LogP contribution in [0.5, 0.6) is 0 Å². The van der Waals surface area contributed by atoms with Gasteiger partial charge in [0.05, 0.1) is 23.2 Å². The first kappa shape index (κ1) is 22.8. The molecular formula is C28H22ClN3O3. The van der Waals surface area contributed by atoms with E-state index in [0.29, 0.717) is 40.5 Å². The van der Waals surface area contributed by atoms with Crippen molar-refractivity contribution in [3.63, 3.8) is 0 Å². The monoisotopic (exact) mass is 483 g/mol. The summed E-state index contributed by atoms with van der Waals surface area (Å²) in [5, 5.41) is 1.22. The number of hydrogen-bond acceptors (Lipinski definition) is 4. The number of para-hydroxylation sites is 2. The highest BCUT2D eigenvalue weighted by Gasteiger charge is 2.20. The van der Waals surface area contributed by atoms with E-state index in [9.17, 15) is 9.59 Å². The Bertz CT molecular complexity index is 1630. The molecule has 5 rings (SSSR count). The minimum Gasteiger partial charge on any atom is -0.383 e. The number of carbonyl (C=O) groups excluding carboxylic acids is 1. The zero-order valence-corrected chi connectivity index (χ0v) is 19.8. The van der Waals surface area contributed by atoms with Crippen molar-refractivity contribution in [2.24, 2.45) is 0 Å². The van der Waals surface area contributed by atoms with Gasteiger partial charge in [-0.2, -0.15) is 0 Å². The van der Waals surface area contributed by atoms with Crippen molar-refractivity contribution in [2.75, 3.05) is 13.7 Å². The third-order valence-electron chi connectivity index (χ3n) is 5.87. The van der Waals surface area contributed by atoms with E-state index >= 15 is 0 Å². The number of rotatable bonds is 7. The molecule has 0 bridgehead atoms. The van der Waals surface area contributed by atoms with Crippen molar-refractivity contribution >= 4 is 45.4 Å². The van der Waals surface area contributed by atoms with Crippen LogP contribution >= 0.6 is 11.6 Å². The average Bonchev–Trinajstić information content (AvgIpc) is 3.23. The molecule has 174 valence electrons. The summed E-state index contributed by atoms with van der Waals surface area (Å²) in [6.45, 7) is 1.08. The standard InChI is InChI=1S/C28H22ClN3O3/c1-35-16-15-32-23-10-6-5-9-22(23)30-25(32)14-13-24(33)27-26(18-7-3-2-4-8-18)20-17-19(29)11-12-21(20)31-28(27)34/h2-14,17H,15-16H2,1H3,(H,31,34)/b14-13+. The summed E-state index contributed by atoms with van der Waals surface area (Å²) in [6, 6.07) is 22.3. The minimum absolute atomic E-state index is 0.0572. The van der Waals surface area contributed by atoms with E-state index in [1.54, 1.807) is 31.4 Å². The highest BCUT2D eigenvalue weighted by molar-refractivity contribution is 6.31. The fourth-order valence-corrected chi connectivity index (χ4v) is 4.45. The second kappa shape index (κ2) is 9.70. The van der Waals surface area contributed by atoms with E-state index < -0.39 is 11.3 Å². The Morgan fingerprint density at radius 1 is 1.09 bits per heavy atom. The van der Waals surface area contributed by atoms with Crippen molar-refractivity contribution < 1.29 is 9.53 Å². The zero-order valence-electron chi connectivity index (χ0n) is 19.0. The number of imidazole rings is 1. The van der Waals surface area contributed by atoms with Gasteiger partial charge in [0.25, 0.3) is 5.56 Å². The number of aromatic nitrogens is 3. The van der Waals surface area contributed by atoms with Gasteiger partial charge in [0.2, 0.25) is 0 Å². The molecule has 0 radical (unpaired) electrons. The number of hydrogen-bond donors (Lipinski definition) is 1. The van der Waals surface area contributed by atoms with E-state index in [4.69, 9.17) is 16.3 Å². The third-order valence-corrected chi connectivity index (χ3v) is 6.11. The van der Waals surface area contributed by atoms with Crippen molar-refractivity contribution in [3.05, 3.63) is 106 Å². The summed E-state index contributed by atoms with van der Waals surface area (Å²) < 4.78 is 7.24. The largest absolute Gasteiger partial charge is 0.383 e. The Kier molecular flexibility index (Phi) is 6.31. The summed E-state index contributed by atoms with van der Waals surface area (Å²) in [6.07, 6.45) is 3.05. The molecule has 6 nitrogen and oxygen atoms in total. The van der Waals surface area contributed by atoms with E-state index in [1.165, 1.54) is 6.08 Å². The molecule has 1 N–H and O–H groups in total. The van der Waals surface area contributed by atoms with Gasteiger partial charge in [-0.15, -0.1) is 0 Å². The maximum atomic E-state index is 13.5. The molecule has 0 aliphatic heterocycles. The van der Waals surface area contributed by atoms with Crippen molar-refractivity contribution in [1.82, 2.24) is 14.5 Å². The van der Waals surface area contributed by atoms with Gasteiger partial charge in [0, 0.05) is 35.1 Å². The van der Waals surface area contributed by atoms with Crippen molar-refractivity contribution in [1.29, 1.82) is 0 Å². The smallest absolute Gasteiger partial charge is 0.260 e. The lowest BCUT2D eigenvalue weighted by atomic mass is 9.94. The lowest BCUT2D eigenvalue weighted by molar-refractivity contribution is 0.104. The number of benzene rings is 3. The predicted molar refractivity (Wildman–Crippen MR) is 140 cm³/mol. The van der Waals surface area contributed by atoms with Crippen LogP contribution < -0.4 is 5.56 Å². The van der Waals surface area contributed by atoms with Crippen LogP contribution in [0, 0.1) is 0 Å². The van der Waals surface area contributed by atoms with Gasteiger partial charge in [0.1, 0.15) is 5.82 Å². The Hall–Kier alpha value is -4.00. The van der Waals surface area contributed by atoms with Gasteiger partial charge in [-0.3, -0.25) is 9.59 Å². The number of allylic oxidation sites excluding steroid dienone is 1. The molecule has 35 heavy (non-hydrogen) atoms. The predicted octanol–water partition coefficient (Wildman–Crippen LogP) is 5.74. The summed E-state index contributed by atoms with van der Waals surface area (Å²) >= 11 is 6.28. The number of fused-ring (bicyclic) bond motifs is 2. The van der Waals surface area contributed by atoms with Gasteiger partial charge >= 0.3 is 0 Å².